The molecule has 0 aliphatic carbocycles. The van der Waals surface area contributed by atoms with Gasteiger partial charge in [0.15, 0.2) is 6.10 Å². The van der Waals surface area contributed by atoms with Crippen molar-refractivity contribution in [2.75, 3.05) is 0 Å². The summed E-state index contributed by atoms with van der Waals surface area (Å²) in [6, 6.07) is 0. The highest BCUT2D eigenvalue weighted by Gasteiger charge is 2.32. The number of rotatable bonds is 1. The molecule has 1 aliphatic heterocycles. The molecule has 0 saturated carbocycles. The fraction of sp³-hybridized carbons (Fsp3) is 0.500. The number of nitrogens with one attached hydrogen (secondary N) is 1. The summed E-state index contributed by atoms with van der Waals surface area (Å²) in [6.45, 7) is 1.19. The lowest BCUT2D eigenvalue weighted by atomic mass is 10.3. The predicted molar refractivity (Wildman–Crippen MR) is 48.7 cm³/mol. The number of hydrogen-bond donors (Lipinski definition) is 1. The number of esters is 1. The van der Waals surface area contributed by atoms with Crippen LogP contribution in [-0.2, 0) is 19.1 Å². The van der Waals surface area contributed by atoms with Crippen LogP contribution in [0.1, 0.15) is 13.3 Å². The van der Waals surface area contributed by atoms with Gasteiger partial charge < -0.3 is 4.74 Å². The van der Waals surface area contributed by atoms with Gasteiger partial charge >= 0.3 is 5.97 Å². The molecule has 0 radical (unpaired) electrons. The first-order chi connectivity index (χ1) is 5.09. The zero-order valence-electron chi connectivity index (χ0n) is 6.33. The van der Waals surface area contributed by atoms with E-state index in [4.69, 9.17) is 0 Å². The van der Waals surface area contributed by atoms with Crippen molar-refractivity contribution in [3.8, 4) is 0 Å². The Morgan fingerprint density at radius 2 is 2.17 bits per heavy atom. The maximum atomic E-state index is 10.7. The van der Waals surface area contributed by atoms with Gasteiger partial charge in [-0.1, -0.05) is 0 Å². The van der Waals surface area contributed by atoms with Crippen LogP contribution < -0.4 is 5.32 Å². The van der Waals surface area contributed by atoms with Gasteiger partial charge in [0.1, 0.15) is 0 Å². The molecule has 1 fully saturated rings. The van der Waals surface area contributed by atoms with Crippen molar-refractivity contribution in [1.29, 1.82) is 0 Å². The van der Waals surface area contributed by atoms with Crippen LogP contribution in [0.2, 0.25) is 0 Å². The van der Waals surface area contributed by atoms with E-state index in [0.29, 0.717) is 0 Å². The molecule has 2 amide bonds. The Morgan fingerprint density at radius 1 is 1.58 bits per heavy atom. The fourth-order valence-electron chi connectivity index (χ4n) is 0.826. The first kappa shape index (κ1) is 11.3. The monoisotopic (exact) mass is 285 g/mol. The maximum Gasteiger partial charge on any atom is 0.303 e. The van der Waals surface area contributed by atoms with Crippen LogP contribution in [0.25, 0.3) is 0 Å². The zero-order chi connectivity index (χ0) is 8.43. The molecule has 0 aromatic carbocycles. The van der Waals surface area contributed by atoms with Crippen LogP contribution in [0.3, 0.4) is 0 Å². The summed E-state index contributed by atoms with van der Waals surface area (Å²) in [7, 11) is 0. The van der Waals surface area contributed by atoms with Gasteiger partial charge in [0.2, 0.25) is 5.91 Å². The fourth-order valence-corrected chi connectivity index (χ4v) is 0.826. The average Bonchev–Trinajstić information content (AvgIpc) is 2.09. The first-order valence-corrected chi connectivity index (χ1v) is 3.10. The molecule has 0 aromatic rings. The van der Waals surface area contributed by atoms with E-state index >= 15 is 0 Å². The summed E-state index contributed by atoms with van der Waals surface area (Å²) in [5.74, 6) is -1.49. The number of ether oxygens (including phenoxy) is 1. The van der Waals surface area contributed by atoms with E-state index in [1.54, 1.807) is 0 Å². The minimum Gasteiger partial charge on any atom is -0.452 e. The standard InChI is InChI=1S/C6H7NO4.HI/c1-3(8)11-4-2-5(9)7-6(4)10;/h4H,2H2,1H3,(H,7,9,10);1H. The first-order valence-electron chi connectivity index (χ1n) is 3.10. The number of carbonyl (C=O) groups is 3. The zero-order valence-corrected chi connectivity index (χ0v) is 8.66. The molecule has 0 bridgehead atoms. The molecule has 68 valence electrons. The van der Waals surface area contributed by atoms with Gasteiger partial charge in [-0.15, -0.1) is 24.0 Å². The van der Waals surface area contributed by atoms with Crippen molar-refractivity contribution in [3.05, 3.63) is 0 Å². The van der Waals surface area contributed by atoms with Crippen LogP contribution in [0.5, 0.6) is 0 Å². The van der Waals surface area contributed by atoms with Gasteiger partial charge in [-0.3, -0.25) is 19.7 Å². The Bertz CT molecular complexity index is 228. The summed E-state index contributed by atoms with van der Waals surface area (Å²) in [5.41, 5.74) is 0. The molecule has 1 saturated heterocycles. The van der Waals surface area contributed by atoms with Gasteiger partial charge in [0, 0.05) is 6.92 Å². The quantitative estimate of drug-likeness (QED) is 0.403. The van der Waals surface area contributed by atoms with Gasteiger partial charge in [-0.25, -0.2) is 0 Å². The van der Waals surface area contributed by atoms with Crippen molar-refractivity contribution in [2.24, 2.45) is 0 Å². The highest BCUT2D eigenvalue weighted by molar-refractivity contribution is 14.0. The minimum atomic E-state index is -0.917. The average molecular weight is 285 g/mol. The Kier molecular flexibility index (Phi) is 4.15. The van der Waals surface area contributed by atoms with Gasteiger partial charge in [-0.2, -0.15) is 0 Å². The summed E-state index contributed by atoms with van der Waals surface area (Å²) in [4.78, 5) is 31.6. The molecule has 1 rings (SSSR count). The molecule has 1 unspecified atom stereocenters. The van der Waals surface area contributed by atoms with E-state index < -0.39 is 23.9 Å². The largest absolute Gasteiger partial charge is 0.452 e. The maximum absolute atomic E-state index is 10.7. The van der Waals surface area contributed by atoms with Crippen LogP contribution in [-0.4, -0.2) is 23.9 Å². The van der Waals surface area contributed by atoms with Gasteiger partial charge in [0.25, 0.3) is 5.91 Å². The highest BCUT2D eigenvalue weighted by atomic mass is 127. The smallest absolute Gasteiger partial charge is 0.303 e. The summed E-state index contributed by atoms with van der Waals surface area (Å²) < 4.78 is 4.52. The molecule has 0 spiro atoms. The number of halogens is 1. The van der Waals surface area contributed by atoms with Gasteiger partial charge in [0.05, 0.1) is 6.42 Å². The van der Waals surface area contributed by atoms with Crippen LogP contribution in [0, 0.1) is 0 Å². The molecule has 6 heteroatoms. The molecular weight excluding hydrogens is 277 g/mol. The third kappa shape index (κ3) is 2.76. The van der Waals surface area contributed by atoms with Crippen LogP contribution >= 0.6 is 24.0 Å². The number of carbonyl (C=O) groups excluding carboxylic acids is 3. The van der Waals surface area contributed by atoms with Crippen molar-refractivity contribution < 1.29 is 19.1 Å². The third-order valence-corrected chi connectivity index (χ3v) is 1.23. The van der Waals surface area contributed by atoms with E-state index in [0.717, 1.165) is 0 Å². The van der Waals surface area contributed by atoms with E-state index in [1.807, 2.05) is 5.32 Å². The normalized spacial score (nSPS) is 21.2. The second kappa shape index (κ2) is 4.39. The Balaban J connectivity index is 0.00000121. The van der Waals surface area contributed by atoms with Crippen LogP contribution in [0.15, 0.2) is 0 Å². The summed E-state index contributed by atoms with van der Waals surface area (Å²) >= 11 is 0. The second-order valence-electron chi connectivity index (χ2n) is 2.21. The Hall–Kier alpha value is -0.660. The van der Waals surface area contributed by atoms with Crippen molar-refractivity contribution in [2.45, 2.75) is 19.4 Å². The Morgan fingerprint density at radius 3 is 2.50 bits per heavy atom. The molecule has 5 nitrogen and oxygen atoms in total. The van der Waals surface area contributed by atoms with E-state index in [-0.39, 0.29) is 30.4 Å². The molecule has 1 N–H and O–H groups in total. The second-order valence-corrected chi connectivity index (χ2v) is 2.21. The lowest BCUT2D eigenvalue weighted by molar-refractivity contribution is -0.151. The number of hydrogen-bond acceptors (Lipinski definition) is 4. The van der Waals surface area contributed by atoms with Crippen molar-refractivity contribution in [3.63, 3.8) is 0 Å². The number of amides is 2. The van der Waals surface area contributed by atoms with Crippen molar-refractivity contribution >= 4 is 41.8 Å². The minimum absolute atomic E-state index is 0. The number of imide groups is 1. The Labute approximate surface area is 85.8 Å². The third-order valence-electron chi connectivity index (χ3n) is 1.23. The summed E-state index contributed by atoms with van der Waals surface area (Å²) in [6.07, 6.45) is -0.974. The topological polar surface area (TPSA) is 72.5 Å². The molecule has 1 aliphatic rings. The molecule has 1 atom stereocenters. The molecule has 0 aromatic heterocycles. The van der Waals surface area contributed by atoms with Crippen LogP contribution in [0.4, 0.5) is 0 Å². The molecular formula is C6H8INO4. The highest BCUT2D eigenvalue weighted by Crippen LogP contribution is 2.05. The lowest BCUT2D eigenvalue weighted by Crippen LogP contribution is -2.27. The van der Waals surface area contributed by atoms with E-state index in [9.17, 15) is 14.4 Å². The van der Waals surface area contributed by atoms with E-state index in [2.05, 4.69) is 4.74 Å². The summed E-state index contributed by atoms with van der Waals surface area (Å²) in [5, 5.41) is 2.02. The SMILES string of the molecule is CC(=O)OC1CC(=O)NC1=O.I. The molecule has 12 heavy (non-hydrogen) atoms. The molecule has 1 heterocycles. The van der Waals surface area contributed by atoms with E-state index in [1.165, 1.54) is 6.92 Å². The van der Waals surface area contributed by atoms with Crippen molar-refractivity contribution in [1.82, 2.24) is 5.32 Å². The predicted octanol–water partition coefficient (Wildman–Crippen LogP) is -0.417. The lowest BCUT2D eigenvalue weighted by Gasteiger charge is -2.04. The van der Waals surface area contributed by atoms with Gasteiger partial charge in [-0.05, 0) is 0 Å².